The molecule has 2 rings (SSSR count). The van der Waals surface area contributed by atoms with Crippen LogP contribution in [0.4, 0.5) is 5.69 Å². The van der Waals surface area contributed by atoms with Gasteiger partial charge in [0.1, 0.15) is 11.5 Å². The lowest BCUT2D eigenvalue weighted by molar-refractivity contribution is -0.142. The first-order chi connectivity index (χ1) is 10.5. The highest BCUT2D eigenvalue weighted by molar-refractivity contribution is 6.32. The zero-order valence-corrected chi connectivity index (χ0v) is 13.3. The molecule has 0 heterocycles. The monoisotopic (exact) mass is 319 g/mol. The lowest BCUT2D eigenvalue weighted by Gasteiger charge is -2.11. The molecule has 0 bridgehead atoms. The van der Waals surface area contributed by atoms with E-state index in [0.717, 1.165) is 11.1 Å². The van der Waals surface area contributed by atoms with Crippen molar-refractivity contribution in [3.63, 3.8) is 0 Å². The number of benzene rings is 2. The average molecular weight is 320 g/mol. The van der Waals surface area contributed by atoms with Crippen molar-refractivity contribution in [3.8, 4) is 11.5 Å². The molecule has 116 valence electrons. The molecule has 0 fully saturated rings. The summed E-state index contributed by atoms with van der Waals surface area (Å²) < 4.78 is 10.7. The summed E-state index contributed by atoms with van der Waals surface area (Å²) >= 11 is 6.22. The minimum atomic E-state index is -0.276. The van der Waals surface area contributed by atoms with Crippen molar-refractivity contribution < 1.29 is 14.3 Å². The molecule has 0 unspecified atom stereocenters. The molecule has 0 aliphatic carbocycles. The summed E-state index contributed by atoms with van der Waals surface area (Å²) in [5.74, 6) is 0.943. The van der Waals surface area contributed by atoms with E-state index in [4.69, 9.17) is 26.8 Å². The molecule has 0 spiro atoms. The van der Waals surface area contributed by atoms with E-state index in [1.165, 1.54) is 0 Å². The van der Waals surface area contributed by atoms with E-state index in [1.54, 1.807) is 37.3 Å². The number of hydrogen-bond acceptors (Lipinski definition) is 4. The molecule has 4 nitrogen and oxygen atoms in total. The molecule has 22 heavy (non-hydrogen) atoms. The molecule has 0 aliphatic rings. The van der Waals surface area contributed by atoms with E-state index in [0.29, 0.717) is 28.8 Å². The number of aryl methyl sites for hydroxylation is 1. The van der Waals surface area contributed by atoms with Crippen LogP contribution in [0.15, 0.2) is 36.4 Å². The molecule has 0 aromatic heterocycles. The molecular weight excluding hydrogens is 302 g/mol. The first kappa shape index (κ1) is 16.2. The van der Waals surface area contributed by atoms with Crippen LogP contribution >= 0.6 is 11.6 Å². The van der Waals surface area contributed by atoms with Gasteiger partial charge in [0, 0.05) is 5.69 Å². The Balaban J connectivity index is 2.14. The minimum absolute atomic E-state index is 0.189. The second-order valence-electron chi connectivity index (χ2n) is 4.87. The minimum Gasteiger partial charge on any atom is -0.466 e. The van der Waals surface area contributed by atoms with Crippen molar-refractivity contribution in [1.82, 2.24) is 0 Å². The standard InChI is InChI=1S/C17H18ClNO3/c1-3-21-17(20)10-12-4-6-16(14(18)9-12)22-15-7-5-13(19)8-11(15)2/h4-9H,3,10,19H2,1-2H3. The number of anilines is 1. The Bertz CT molecular complexity index is 686. The van der Waals surface area contributed by atoms with Crippen molar-refractivity contribution in [2.45, 2.75) is 20.3 Å². The number of esters is 1. The van der Waals surface area contributed by atoms with Crippen molar-refractivity contribution in [2.75, 3.05) is 12.3 Å². The lowest BCUT2D eigenvalue weighted by atomic mass is 10.1. The van der Waals surface area contributed by atoms with Crippen molar-refractivity contribution in [2.24, 2.45) is 0 Å². The number of rotatable bonds is 5. The molecule has 0 amide bonds. The Morgan fingerprint density at radius 2 is 1.91 bits per heavy atom. The molecule has 0 atom stereocenters. The van der Waals surface area contributed by atoms with Gasteiger partial charge in [-0.2, -0.15) is 0 Å². The SMILES string of the molecule is CCOC(=O)Cc1ccc(Oc2ccc(N)cc2C)c(Cl)c1. The molecule has 0 saturated carbocycles. The third kappa shape index (κ3) is 4.15. The van der Waals surface area contributed by atoms with E-state index >= 15 is 0 Å². The predicted octanol–water partition coefficient (Wildman–Crippen LogP) is 4.13. The molecule has 2 aromatic carbocycles. The maximum absolute atomic E-state index is 11.5. The second-order valence-corrected chi connectivity index (χ2v) is 5.28. The third-order valence-electron chi connectivity index (χ3n) is 3.07. The summed E-state index contributed by atoms with van der Waals surface area (Å²) in [5, 5.41) is 0.443. The van der Waals surface area contributed by atoms with Gasteiger partial charge in [-0.05, 0) is 55.3 Å². The predicted molar refractivity (Wildman–Crippen MR) is 87.5 cm³/mol. The third-order valence-corrected chi connectivity index (χ3v) is 3.36. The van der Waals surface area contributed by atoms with Gasteiger partial charge in [-0.15, -0.1) is 0 Å². The summed E-state index contributed by atoms with van der Waals surface area (Å²) in [4.78, 5) is 11.5. The summed E-state index contributed by atoms with van der Waals surface area (Å²) in [6.45, 7) is 4.05. The highest BCUT2D eigenvalue weighted by atomic mass is 35.5. The first-order valence-electron chi connectivity index (χ1n) is 6.97. The Morgan fingerprint density at radius 1 is 1.18 bits per heavy atom. The summed E-state index contributed by atoms with van der Waals surface area (Å²) in [5.41, 5.74) is 8.10. The molecule has 0 aliphatic heterocycles. The number of nitrogen functional groups attached to an aromatic ring is 1. The Morgan fingerprint density at radius 3 is 2.55 bits per heavy atom. The number of ether oxygens (including phenoxy) is 2. The van der Waals surface area contributed by atoms with Crippen LogP contribution in [0.25, 0.3) is 0 Å². The van der Waals surface area contributed by atoms with E-state index in [9.17, 15) is 4.79 Å². The van der Waals surface area contributed by atoms with Crippen LogP contribution in [-0.2, 0) is 16.0 Å². The van der Waals surface area contributed by atoms with Gasteiger partial charge >= 0.3 is 5.97 Å². The van der Waals surface area contributed by atoms with Gasteiger partial charge < -0.3 is 15.2 Å². The summed E-state index contributed by atoms with van der Waals surface area (Å²) in [7, 11) is 0. The fourth-order valence-electron chi connectivity index (χ4n) is 2.02. The van der Waals surface area contributed by atoms with Crippen LogP contribution in [0.1, 0.15) is 18.1 Å². The van der Waals surface area contributed by atoms with Gasteiger partial charge in [-0.3, -0.25) is 4.79 Å². The summed E-state index contributed by atoms with van der Waals surface area (Å²) in [6, 6.07) is 10.6. The number of carbonyl (C=O) groups is 1. The van der Waals surface area contributed by atoms with E-state index < -0.39 is 0 Å². The van der Waals surface area contributed by atoms with Crippen LogP contribution in [-0.4, -0.2) is 12.6 Å². The summed E-state index contributed by atoms with van der Waals surface area (Å²) in [6.07, 6.45) is 0.189. The second kappa shape index (κ2) is 7.18. The normalized spacial score (nSPS) is 10.3. The molecular formula is C17H18ClNO3. The van der Waals surface area contributed by atoms with Crippen molar-refractivity contribution >= 4 is 23.3 Å². The lowest BCUT2D eigenvalue weighted by Crippen LogP contribution is -2.07. The molecule has 0 saturated heterocycles. The van der Waals surface area contributed by atoms with Crippen LogP contribution in [0, 0.1) is 6.92 Å². The van der Waals surface area contributed by atoms with Crippen LogP contribution in [0.3, 0.4) is 0 Å². The van der Waals surface area contributed by atoms with Gasteiger partial charge in [-0.1, -0.05) is 17.7 Å². The van der Waals surface area contributed by atoms with Crippen LogP contribution in [0.2, 0.25) is 5.02 Å². The highest BCUT2D eigenvalue weighted by Crippen LogP contribution is 2.32. The smallest absolute Gasteiger partial charge is 0.310 e. The van der Waals surface area contributed by atoms with Gasteiger partial charge in [0.2, 0.25) is 0 Å². The number of halogens is 1. The van der Waals surface area contributed by atoms with E-state index in [1.807, 2.05) is 13.0 Å². The largest absolute Gasteiger partial charge is 0.466 e. The topological polar surface area (TPSA) is 61.5 Å². The number of carbonyl (C=O) groups excluding carboxylic acids is 1. The van der Waals surface area contributed by atoms with E-state index in [-0.39, 0.29) is 12.4 Å². The van der Waals surface area contributed by atoms with Crippen molar-refractivity contribution in [3.05, 3.63) is 52.5 Å². The average Bonchev–Trinajstić information content (AvgIpc) is 2.44. The van der Waals surface area contributed by atoms with E-state index in [2.05, 4.69) is 0 Å². The molecule has 0 radical (unpaired) electrons. The number of nitrogens with two attached hydrogens (primary N) is 1. The number of hydrogen-bond donors (Lipinski definition) is 1. The van der Waals surface area contributed by atoms with Gasteiger partial charge in [0.05, 0.1) is 18.1 Å². The Kier molecular flexibility index (Phi) is 5.28. The fraction of sp³-hybridized carbons (Fsp3) is 0.235. The van der Waals surface area contributed by atoms with Gasteiger partial charge in [0.15, 0.2) is 0 Å². The Hall–Kier alpha value is -2.20. The fourth-order valence-corrected chi connectivity index (χ4v) is 2.26. The van der Waals surface area contributed by atoms with Gasteiger partial charge in [-0.25, -0.2) is 0 Å². The Labute approximate surface area is 134 Å². The maximum Gasteiger partial charge on any atom is 0.310 e. The molecule has 2 aromatic rings. The highest BCUT2D eigenvalue weighted by Gasteiger charge is 2.09. The maximum atomic E-state index is 11.5. The van der Waals surface area contributed by atoms with Crippen LogP contribution < -0.4 is 10.5 Å². The molecule has 2 N–H and O–H groups in total. The first-order valence-corrected chi connectivity index (χ1v) is 7.35. The zero-order chi connectivity index (χ0) is 16.1. The van der Waals surface area contributed by atoms with Crippen LogP contribution in [0.5, 0.6) is 11.5 Å². The quantitative estimate of drug-likeness (QED) is 0.665. The zero-order valence-electron chi connectivity index (χ0n) is 12.6. The molecule has 5 heteroatoms. The van der Waals surface area contributed by atoms with Gasteiger partial charge in [0.25, 0.3) is 0 Å². The van der Waals surface area contributed by atoms with Crippen molar-refractivity contribution in [1.29, 1.82) is 0 Å².